The molecule has 1 fully saturated rings. The molecule has 0 unspecified atom stereocenters. The number of amides is 1. The van der Waals surface area contributed by atoms with Crippen LogP contribution >= 0.6 is 11.3 Å². The summed E-state index contributed by atoms with van der Waals surface area (Å²) in [6.07, 6.45) is 5.83. The molecule has 0 aliphatic heterocycles. The van der Waals surface area contributed by atoms with Crippen LogP contribution in [0.3, 0.4) is 0 Å². The lowest BCUT2D eigenvalue weighted by atomic mass is 9.93. The average molecular weight is 729 g/mol. The average Bonchev–Trinajstić information content (AvgIpc) is 3.85. The first-order valence-electron chi connectivity index (χ1n) is 17.2. The molecule has 51 heavy (non-hydrogen) atoms. The van der Waals surface area contributed by atoms with Gasteiger partial charge in [0.05, 0.1) is 16.0 Å². The van der Waals surface area contributed by atoms with Crippen LogP contribution in [0, 0.1) is 0 Å². The zero-order valence-electron chi connectivity index (χ0n) is 28.3. The molecule has 12 heteroatoms. The summed E-state index contributed by atoms with van der Waals surface area (Å²) < 4.78 is 28.5. The fraction of sp³-hybridized carbons (Fsp3) is 0.333. The summed E-state index contributed by atoms with van der Waals surface area (Å²) >= 11 is 1.46. The van der Waals surface area contributed by atoms with Crippen LogP contribution in [0.4, 0.5) is 5.69 Å². The number of anilines is 1. The van der Waals surface area contributed by atoms with E-state index in [2.05, 4.69) is 5.32 Å². The van der Waals surface area contributed by atoms with Crippen molar-refractivity contribution in [2.45, 2.75) is 81.6 Å². The smallest absolute Gasteiger partial charge is 0.335 e. The molecule has 3 N–H and O–H groups in total. The Hall–Kier alpha value is -4.65. The van der Waals surface area contributed by atoms with Crippen LogP contribution in [0.25, 0.3) is 0 Å². The maximum atomic E-state index is 13.8. The molecular formula is C39H40N2O8S2. The Morgan fingerprint density at radius 1 is 0.863 bits per heavy atom. The quantitative estimate of drug-likeness (QED) is 0.113. The number of ketones is 1. The third-order valence-corrected chi connectivity index (χ3v) is 12.9. The largest absolute Gasteiger partial charge is 0.480 e. The van der Waals surface area contributed by atoms with Gasteiger partial charge in [0, 0.05) is 34.0 Å². The maximum absolute atomic E-state index is 13.8. The number of hydrogen-bond donors (Lipinski definition) is 3. The van der Waals surface area contributed by atoms with Crippen LogP contribution in [-0.4, -0.2) is 58.6 Å². The van der Waals surface area contributed by atoms with Crippen molar-refractivity contribution in [1.82, 2.24) is 4.31 Å². The molecule has 1 aromatic heterocycles. The van der Waals surface area contributed by atoms with Crippen molar-refractivity contribution in [2.75, 3.05) is 11.9 Å². The van der Waals surface area contributed by atoms with Crippen LogP contribution in [0.5, 0.6) is 0 Å². The molecule has 3 aromatic carbocycles. The van der Waals surface area contributed by atoms with Crippen molar-refractivity contribution in [3.8, 4) is 0 Å². The van der Waals surface area contributed by atoms with E-state index in [1.54, 1.807) is 25.1 Å². The molecule has 2 aliphatic carbocycles. The molecule has 0 radical (unpaired) electrons. The van der Waals surface area contributed by atoms with Crippen molar-refractivity contribution >= 4 is 50.7 Å². The number of aliphatic carboxylic acids is 1. The second kappa shape index (κ2) is 14.9. The second-order valence-corrected chi connectivity index (χ2v) is 16.3. The van der Waals surface area contributed by atoms with Gasteiger partial charge in [-0.15, -0.1) is 11.3 Å². The SMILES string of the molecule is CCCN(C1(C(=O)O)CC1)S(=O)(=O)c1cccc(C(=O)Cc2sc3c(c2C(=O)Nc2ccc(CCc4ccc(C(=O)O)cc4)cc2)CCCC3)c1. The number of nitrogens with zero attached hydrogens (tertiary/aromatic N) is 1. The number of fused-ring (bicyclic) bond motifs is 1. The minimum atomic E-state index is -4.20. The van der Waals surface area contributed by atoms with Gasteiger partial charge in [0.15, 0.2) is 5.78 Å². The normalized spacial score (nSPS) is 14.9. The molecule has 4 aromatic rings. The first kappa shape index (κ1) is 36.2. The number of aromatic carboxylic acids is 1. The molecule has 10 nitrogen and oxygen atoms in total. The molecule has 0 spiro atoms. The highest BCUT2D eigenvalue weighted by Crippen LogP contribution is 2.45. The summed E-state index contributed by atoms with van der Waals surface area (Å²) in [4.78, 5) is 52.4. The van der Waals surface area contributed by atoms with Gasteiger partial charge in [-0.05, 0) is 111 Å². The van der Waals surface area contributed by atoms with Gasteiger partial charge in [0.1, 0.15) is 5.54 Å². The number of nitrogens with one attached hydrogen (secondary N) is 1. The van der Waals surface area contributed by atoms with Crippen molar-refractivity contribution in [3.63, 3.8) is 0 Å². The number of carbonyl (C=O) groups is 4. The van der Waals surface area contributed by atoms with E-state index in [1.807, 2.05) is 36.4 Å². The van der Waals surface area contributed by atoms with E-state index in [1.165, 1.54) is 29.5 Å². The molecule has 1 amide bonds. The van der Waals surface area contributed by atoms with E-state index in [0.29, 0.717) is 22.5 Å². The number of carboxylic acid groups (broad SMARTS) is 2. The van der Waals surface area contributed by atoms with Crippen molar-refractivity contribution in [3.05, 3.63) is 116 Å². The van der Waals surface area contributed by atoms with Crippen LogP contribution in [-0.2, 0) is 46.9 Å². The molecule has 0 saturated heterocycles. The highest BCUT2D eigenvalue weighted by molar-refractivity contribution is 7.89. The molecule has 6 rings (SSSR count). The Morgan fingerprint density at radius 2 is 1.51 bits per heavy atom. The molecule has 0 atom stereocenters. The van der Waals surface area contributed by atoms with Gasteiger partial charge in [-0.1, -0.05) is 43.3 Å². The summed E-state index contributed by atoms with van der Waals surface area (Å²) in [6.45, 7) is 1.85. The van der Waals surface area contributed by atoms with Gasteiger partial charge < -0.3 is 15.5 Å². The first-order chi connectivity index (χ1) is 24.4. The number of benzene rings is 3. The topological polar surface area (TPSA) is 158 Å². The number of hydrogen-bond acceptors (Lipinski definition) is 7. The van der Waals surface area contributed by atoms with Crippen LogP contribution in [0.15, 0.2) is 77.7 Å². The second-order valence-electron chi connectivity index (χ2n) is 13.2. The van der Waals surface area contributed by atoms with Crippen molar-refractivity contribution in [1.29, 1.82) is 0 Å². The monoisotopic (exact) mass is 728 g/mol. The maximum Gasteiger partial charge on any atom is 0.335 e. The number of carboxylic acids is 2. The Labute approximate surface area is 301 Å². The van der Waals surface area contributed by atoms with Crippen molar-refractivity contribution < 1.29 is 37.8 Å². The summed E-state index contributed by atoms with van der Waals surface area (Å²) in [5.74, 6) is -2.75. The number of carbonyl (C=O) groups excluding carboxylic acids is 2. The number of rotatable bonds is 15. The van der Waals surface area contributed by atoms with Crippen LogP contribution < -0.4 is 5.32 Å². The predicted octanol–water partition coefficient (Wildman–Crippen LogP) is 6.81. The predicted molar refractivity (Wildman–Crippen MR) is 194 cm³/mol. The van der Waals surface area contributed by atoms with Gasteiger partial charge in [-0.2, -0.15) is 4.31 Å². The van der Waals surface area contributed by atoms with Crippen LogP contribution in [0.1, 0.15) is 96.5 Å². The Bertz CT molecular complexity index is 2080. The van der Waals surface area contributed by atoms with Gasteiger partial charge in [0.2, 0.25) is 10.0 Å². The zero-order chi connectivity index (χ0) is 36.3. The lowest BCUT2D eigenvalue weighted by Crippen LogP contribution is -2.47. The molecule has 1 heterocycles. The summed E-state index contributed by atoms with van der Waals surface area (Å²) in [7, 11) is -4.20. The number of aryl methyl sites for hydroxylation is 3. The third kappa shape index (κ3) is 7.68. The fourth-order valence-electron chi connectivity index (χ4n) is 6.72. The summed E-state index contributed by atoms with van der Waals surface area (Å²) in [5.41, 5.74) is 3.15. The van der Waals surface area contributed by atoms with E-state index < -0.39 is 27.5 Å². The Kier molecular flexibility index (Phi) is 10.6. The van der Waals surface area contributed by atoms with E-state index in [0.717, 1.165) is 64.4 Å². The lowest BCUT2D eigenvalue weighted by molar-refractivity contribution is -0.143. The van der Waals surface area contributed by atoms with Gasteiger partial charge in [-0.25, -0.2) is 13.2 Å². The van der Waals surface area contributed by atoms with Crippen LogP contribution in [0.2, 0.25) is 0 Å². The summed E-state index contributed by atoms with van der Waals surface area (Å²) in [6, 6.07) is 20.1. The minimum Gasteiger partial charge on any atom is -0.480 e. The van der Waals surface area contributed by atoms with E-state index in [4.69, 9.17) is 5.11 Å². The van der Waals surface area contributed by atoms with Crippen molar-refractivity contribution in [2.24, 2.45) is 0 Å². The first-order valence-corrected chi connectivity index (χ1v) is 19.4. The molecule has 0 bridgehead atoms. The van der Waals surface area contributed by atoms with E-state index in [-0.39, 0.29) is 53.5 Å². The minimum absolute atomic E-state index is 0.0549. The van der Waals surface area contributed by atoms with Gasteiger partial charge in [0.25, 0.3) is 5.91 Å². The highest BCUT2D eigenvalue weighted by atomic mass is 32.2. The molecule has 2 aliphatic rings. The highest BCUT2D eigenvalue weighted by Gasteiger charge is 2.59. The third-order valence-electron chi connectivity index (χ3n) is 9.68. The summed E-state index contributed by atoms with van der Waals surface area (Å²) in [5, 5.41) is 22.0. The lowest BCUT2D eigenvalue weighted by Gasteiger charge is -2.28. The van der Waals surface area contributed by atoms with E-state index in [9.17, 15) is 32.7 Å². The van der Waals surface area contributed by atoms with Gasteiger partial charge in [-0.3, -0.25) is 14.4 Å². The Morgan fingerprint density at radius 3 is 2.12 bits per heavy atom. The number of sulfonamides is 1. The standard InChI is InChI=1S/C39H40N2O8S2/c1-2-22-41(39(20-21-39)38(46)47)51(48,49)30-7-5-6-28(23-30)32(42)24-34-35(31-8-3-4-9-33(31)50-34)36(43)40-29-18-14-26(15-19-29)11-10-25-12-16-27(17-13-25)37(44)45/h5-7,12-19,23H,2-4,8-11,20-22,24H2,1H3,(H,40,43)(H,44,45)(H,46,47). The van der Waals surface area contributed by atoms with E-state index >= 15 is 0 Å². The molecule has 266 valence electrons. The fourth-order valence-corrected chi connectivity index (χ4v) is 10.0. The zero-order valence-corrected chi connectivity index (χ0v) is 29.9. The number of Topliss-reactive ketones (excluding diaryl/α,β-unsaturated/α-hetero) is 1. The van der Waals surface area contributed by atoms with Gasteiger partial charge >= 0.3 is 11.9 Å². The molecule has 1 saturated carbocycles. The Balaban J connectivity index is 1.18. The molecular weight excluding hydrogens is 689 g/mol. The number of thiophene rings is 1.